The van der Waals surface area contributed by atoms with Gasteiger partial charge in [-0.15, -0.1) is 0 Å². The Balaban J connectivity index is 1.41. The van der Waals surface area contributed by atoms with Crippen LogP contribution in [0.4, 0.5) is 0 Å². The Morgan fingerprint density at radius 1 is 0.857 bits per heavy atom. The number of rotatable bonds is 16. The highest BCUT2D eigenvalue weighted by Gasteiger charge is 2.14. The molecule has 28 heavy (non-hydrogen) atoms. The average Bonchev–Trinajstić information content (AvgIpc) is 3.15. The summed E-state index contributed by atoms with van der Waals surface area (Å²) in [6.07, 6.45) is 21.6. The third kappa shape index (κ3) is 9.05. The number of nitrogens with zero attached hydrogens (tertiary/aromatic N) is 1. The number of unbranched alkanes of at least 4 members (excludes halogenated alkanes) is 11. The van der Waals surface area contributed by atoms with Crippen LogP contribution in [0.15, 0.2) is 40.8 Å². The van der Waals surface area contributed by atoms with Crippen LogP contribution in [-0.4, -0.2) is 10.1 Å². The van der Waals surface area contributed by atoms with Crippen molar-refractivity contribution in [3.05, 3.63) is 42.3 Å². The van der Waals surface area contributed by atoms with E-state index < -0.39 is 6.10 Å². The summed E-state index contributed by atoms with van der Waals surface area (Å²) in [6.45, 7) is 2.27. The quantitative estimate of drug-likeness (QED) is 0.236. The van der Waals surface area contributed by atoms with Crippen molar-refractivity contribution < 1.29 is 9.52 Å². The first-order valence-corrected chi connectivity index (χ1v) is 11.5. The number of aliphatic hydroxyl groups excluding tert-OH is 1. The number of aliphatic hydroxyl groups is 1. The molecule has 0 radical (unpaired) electrons. The molecule has 0 aliphatic heterocycles. The van der Waals surface area contributed by atoms with Crippen LogP contribution in [0.2, 0.25) is 0 Å². The minimum Gasteiger partial charge on any atom is -0.438 e. The molecule has 156 valence electrons. The van der Waals surface area contributed by atoms with E-state index in [0.29, 0.717) is 5.89 Å². The van der Waals surface area contributed by atoms with Crippen molar-refractivity contribution in [2.75, 3.05) is 0 Å². The molecular weight excluding hydrogens is 346 g/mol. The van der Waals surface area contributed by atoms with Crippen LogP contribution in [0.25, 0.3) is 11.1 Å². The van der Waals surface area contributed by atoms with Gasteiger partial charge < -0.3 is 9.52 Å². The lowest BCUT2D eigenvalue weighted by atomic mass is 10.1. The first kappa shape index (κ1) is 22.7. The number of hydrogen-bond acceptors (Lipinski definition) is 3. The molecule has 3 nitrogen and oxygen atoms in total. The molecule has 1 atom stereocenters. The molecule has 0 saturated carbocycles. The molecule has 3 heteroatoms. The molecule has 0 fully saturated rings. The smallest absolute Gasteiger partial charge is 0.224 e. The van der Waals surface area contributed by atoms with Crippen LogP contribution in [0.1, 0.15) is 109 Å². The molecular formula is C25H39NO2. The minimum absolute atomic E-state index is 0.455. The fourth-order valence-electron chi connectivity index (χ4n) is 3.56. The molecule has 0 saturated heterocycles. The van der Waals surface area contributed by atoms with Crippen molar-refractivity contribution in [2.24, 2.45) is 0 Å². The largest absolute Gasteiger partial charge is 0.438 e. The number of oxazole rings is 1. The maximum atomic E-state index is 10.3. The van der Waals surface area contributed by atoms with E-state index in [4.69, 9.17) is 4.42 Å². The number of hydrogen-bond donors (Lipinski definition) is 1. The van der Waals surface area contributed by atoms with E-state index in [1.165, 1.54) is 77.0 Å². The molecule has 1 heterocycles. The van der Waals surface area contributed by atoms with Gasteiger partial charge in [0.05, 0.1) is 0 Å². The van der Waals surface area contributed by atoms with E-state index in [2.05, 4.69) is 24.1 Å². The molecule has 1 aromatic heterocycles. The van der Waals surface area contributed by atoms with Crippen LogP contribution in [-0.2, 0) is 0 Å². The van der Waals surface area contributed by atoms with Gasteiger partial charge in [0.15, 0.2) is 5.58 Å². The molecule has 1 N–H and O–H groups in total. The summed E-state index contributed by atoms with van der Waals surface area (Å²) in [5.74, 6) is 0.455. The molecule has 0 aliphatic rings. The van der Waals surface area contributed by atoms with Crippen LogP contribution in [0.5, 0.6) is 0 Å². The maximum Gasteiger partial charge on any atom is 0.224 e. The fraction of sp³-hybridized carbons (Fsp3) is 0.640. The van der Waals surface area contributed by atoms with Crippen LogP contribution >= 0.6 is 0 Å². The maximum absolute atomic E-state index is 10.3. The Morgan fingerprint density at radius 3 is 2.14 bits per heavy atom. The Morgan fingerprint density at radius 2 is 1.46 bits per heavy atom. The predicted octanol–water partition coefficient (Wildman–Crippen LogP) is 7.90. The zero-order valence-electron chi connectivity index (χ0n) is 17.7. The average molecular weight is 386 g/mol. The summed E-state index contributed by atoms with van der Waals surface area (Å²) in [6, 6.07) is 7.66. The normalized spacial score (nSPS) is 12.9. The van der Waals surface area contributed by atoms with Gasteiger partial charge in [-0.3, -0.25) is 0 Å². The van der Waals surface area contributed by atoms with Crippen molar-refractivity contribution in [1.29, 1.82) is 0 Å². The van der Waals surface area contributed by atoms with E-state index in [0.717, 1.165) is 23.9 Å². The van der Waals surface area contributed by atoms with E-state index in [1.807, 2.05) is 24.3 Å². The highest BCUT2D eigenvalue weighted by molar-refractivity contribution is 5.72. The van der Waals surface area contributed by atoms with Crippen molar-refractivity contribution in [3.8, 4) is 0 Å². The first-order chi connectivity index (χ1) is 13.8. The second-order valence-electron chi connectivity index (χ2n) is 7.91. The lowest BCUT2D eigenvalue weighted by Crippen LogP contribution is -1.97. The van der Waals surface area contributed by atoms with E-state index in [1.54, 1.807) is 0 Å². The van der Waals surface area contributed by atoms with Crippen molar-refractivity contribution in [2.45, 2.75) is 103 Å². The van der Waals surface area contributed by atoms with Gasteiger partial charge in [-0.05, 0) is 44.2 Å². The van der Waals surface area contributed by atoms with E-state index in [9.17, 15) is 5.11 Å². The van der Waals surface area contributed by atoms with Gasteiger partial charge >= 0.3 is 0 Å². The highest BCUT2D eigenvalue weighted by Crippen LogP contribution is 2.23. The molecule has 2 rings (SSSR count). The second-order valence-corrected chi connectivity index (χ2v) is 7.91. The first-order valence-electron chi connectivity index (χ1n) is 11.5. The molecule has 2 aromatic rings. The van der Waals surface area contributed by atoms with Crippen LogP contribution in [0, 0.1) is 0 Å². The predicted molar refractivity (Wildman–Crippen MR) is 118 cm³/mol. The zero-order valence-corrected chi connectivity index (χ0v) is 17.7. The molecule has 0 spiro atoms. The number of para-hydroxylation sites is 2. The van der Waals surface area contributed by atoms with Crippen molar-refractivity contribution in [3.63, 3.8) is 0 Å². The molecule has 0 bridgehead atoms. The Bertz CT molecular complexity index is 628. The topological polar surface area (TPSA) is 46.3 Å². The van der Waals surface area contributed by atoms with Gasteiger partial charge in [0, 0.05) is 0 Å². The summed E-state index contributed by atoms with van der Waals surface area (Å²) < 4.78 is 5.64. The molecule has 1 aromatic carbocycles. The number of benzene rings is 1. The summed E-state index contributed by atoms with van der Waals surface area (Å²) >= 11 is 0. The van der Waals surface area contributed by atoms with Crippen molar-refractivity contribution in [1.82, 2.24) is 4.98 Å². The number of aromatic nitrogens is 1. The fourth-order valence-corrected chi connectivity index (χ4v) is 3.56. The van der Waals surface area contributed by atoms with Gasteiger partial charge in [-0.25, -0.2) is 4.98 Å². The monoisotopic (exact) mass is 385 g/mol. The lowest BCUT2D eigenvalue weighted by molar-refractivity contribution is 0.133. The SMILES string of the molecule is CCCCCCCC/C=C\CCCCCCCC(O)c1nc2ccccc2o1. The Hall–Kier alpha value is -1.61. The zero-order chi connectivity index (χ0) is 19.9. The van der Waals surface area contributed by atoms with Gasteiger partial charge in [0.2, 0.25) is 5.89 Å². The van der Waals surface area contributed by atoms with Crippen LogP contribution in [0.3, 0.4) is 0 Å². The third-order valence-corrected chi connectivity index (χ3v) is 5.33. The Labute approximate surface area is 171 Å². The second kappa shape index (κ2) is 14.4. The van der Waals surface area contributed by atoms with Gasteiger partial charge in [-0.1, -0.05) is 89.0 Å². The highest BCUT2D eigenvalue weighted by atomic mass is 16.4. The minimum atomic E-state index is -0.586. The van der Waals surface area contributed by atoms with Gasteiger partial charge in [0.1, 0.15) is 11.6 Å². The van der Waals surface area contributed by atoms with Crippen molar-refractivity contribution >= 4 is 11.1 Å². The Kier molecular flexibility index (Phi) is 11.7. The van der Waals surface area contributed by atoms with E-state index >= 15 is 0 Å². The summed E-state index contributed by atoms with van der Waals surface area (Å²) in [4.78, 5) is 4.38. The summed E-state index contributed by atoms with van der Waals surface area (Å²) in [5, 5.41) is 10.3. The molecule has 0 aliphatic carbocycles. The number of allylic oxidation sites excluding steroid dienone is 2. The standard InChI is InChI=1S/C25H39NO2/c1-2-3-4-5-6-7-8-9-10-11-12-13-14-15-16-20-23(27)25-26-22-19-17-18-21-24(22)28-25/h9-10,17-19,21,23,27H,2-8,11-16,20H2,1H3/b10-9-. The van der Waals surface area contributed by atoms with E-state index in [-0.39, 0.29) is 0 Å². The number of fused-ring (bicyclic) bond motifs is 1. The summed E-state index contributed by atoms with van der Waals surface area (Å²) in [5.41, 5.74) is 1.57. The summed E-state index contributed by atoms with van der Waals surface area (Å²) in [7, 11) is 0. The third-order valence-electron chi connectivity index (χ3n) is 5.33. The van der Waals surface area contributed by atoms with Gasteiger partial charge in [-0.2, -0.15) is 0 Å². The lowest BCUT2D eigenvalue weighted by Gasteiger charge is -2.06. The molecule has 0 amide bonds. The van der Waals surface area contributed by atoms with Crippen LogP contribution < -0.4 is 0 Å². The van der Waals surface area contributed by atoms with Gasteiger partial charge in [0.25, 0.3) is 0 Å². The molecule has 1 unspecified atom stereocenters.